The summed E-state index contributed by atoms with van der Waals surface area (Å²) in [7, 11) is 0. The largest absolute Gasteiger partial charge is 0.481 e. The van der Waals surface area contributed by atoms with Gasteiger partial charge >= 0.3 is 0 Å². The second-order valence-electron chi connectivity index (χ2n) is 5.04. The molecule has 0 radical (unpaired) electrons. The summed E-state index contributed by atoms with van der Waals surface area (Å²) in [6, 6.07) is 6.09. The van der Waals surface area contributed by atoms with Crippen LogP contribution in [0.3, 0.4) is 0 Å². The maximum absolute atomic E-state index is 11.8. The Morgan fingerprint density at radius 1 is 1.37 bits per heavy atom. The van der Waals surface area contributed by atoms with E-state index in [1.54, 1.807) is 6.92 Å². The summed E-state index contributed by atoms with van der Waals surface area (Å²) in [5.74, 6) is 1.00. The second-order valence-corrected chi connectivity index (χ2v) is 5.04. The molecule has 1 rings (SSSR count). The van der Waals surface area contributed by atoms with E-state index in [2.05, 4.69) is 31.3 Å². The highest BCUT2D eigenvalue weighted by Gasteiger charge is 2.16. The van der Waals surface area contributed by atoms with Crippen molar-refractivity contribution < 1.29 is 9.53 Å². The molecule has 0 fully saturated rings. The van der Waals surface area contributed by atoms with Crippen LogP contribution in [-0.2, 0) is 4.79 Å². The van der Waals surface area contributed by atoms with Crippen LogP contribution in [0.2, 0.25) is 0 Å². The Morgan fingerprint density at radius 2 is 2.05 bits per heavy atom. The van der Waals surface area contributed by atoms with Crippen molar-refractivity contribution in [3.05, 3.63) is 29.3 Å². The lowest BCUT2D eigenvalue weighted by Crippen LogP contribution is -2.38. The van der Waals surface area contributed by atoms with Crippen LogP contribution in [0.1, 0.15) is 37.8 Å². The zero-order valence-electron chi connectivity index (χ0n) is 12.2. The minimum absolute atomic E-state index is 0.137. The SMILES string of the molecule is Cc1ccc(C(C)C)c(OC(C)C(=O)NCCN)c1. The van der Waals surface area contributed by atoms with Crippen LogP contribution in [0.4, 0.5) is 0 Å². The fourth-order valence-corrected chi connectivity index (χ4v) is 1.80. The average Bonchev–Trinajstić information content (AvgIpc) is 2.35. The molecule has 0 spiro atoms. The average molecular weight is 264 g/mol. The molecule has 0 saturated carbocycles. The molecule has 0 heterocycles. The van der Waals surface area contributed by atoms with E-state index in [1.165, 1.54) is 0 Å². The topological polar surface area (TPSA) is 64.3 Å². The number of carbonyl (C=O) groups is 1. The summed E-state index contributed by atoms with van der Waals surface area (Å²) in [6.07, 6.45) is -0.522. The maximum atomic E-state index is 11.8. The smallest absolute Gasteiger partial charge is 0.260 e. The Kier molecular flexibility index (Phi) is 5.83. The van der Waals surface area contributed by atoms with E-state index in [4.69, 9.17) is 10.5 Å². The van der Waals surface area contributed by atoms with Crippen LogP contribution in [0, 0.1) is 6.92 Å². The number of rotatable bonds is 6. The molecule has 0 aliphatic heterocycles. The van der Waals surface area contributed by atoms with E-state index in [0.717, 1.165) is 16.9 Å². The van der Waals surface area contributed by atoms with E-state index in [9.17, 15) is 4.79 Å². The van der Waals surface area contributed by atoms with E-state index in [1.807, 2.05) is 13.0 Å². The number of hydrogen-bond donors (Lipinski definition) is 2. The van der Waals surface area contributed by atoms with Crippen LogP contribution in [0.5, 0.6) is 5.75 Å². The summed E-state index contributed by atoms with van der Waals surface area (Å²) < 4.78 is 5.79. The molecule has 0 aliphatic carbocycles. The number of ether oxygens (including phenoxy) is 1. The molecule has 0 aromatic heterocycles. The third-order valence-corrected chi connectivity index (χ3v) is 2.91. The molecular weight excluding hydrogens is 240 g/mol. The van der Waals surface area contributed by atoms with Crippen LogP contribution in [-0.4, -0.2) is 25.1 Å². The molecule has 1 amide bonds. The standard InChI is InChI=1S/C15H24N2O2/c1-10(2)13-6-5-11(3)9-14(13)19-12(4)15(18)17-8-7-16/h5-6,9-10,12H,7-8,16H2,1-4H3,(H,17,18). The molecule has 3 N–H and O–H groups in total. The summed E-state index contributed by atoms with van der Waals surface area (Å²) in [5.41, 5.74) is 7.59. The van der Waals surface area contributed by atoms with Gasteiger partial charge in [0.05, 0.1) is 0 Å². The van der Waals surface area contributed by atoms with Gasteiger partial charge in [-0.2, -0.15) is 0 Å². The number of carbonyl (C=O) groups excluding carboxylic acids is 1. The first kappa shape index (κ1) is 15.5. The number of amides is 1. The van der Waals surface area contributed by atoms with Crippen molar-refractivity contribution in [3.8, 4) is 5.75 Å². The van der Waals surface area contributed by atoms with E-state index < -0.39 is 6.10 Å². The lowest BCUT2D eigenvalue weighted by Gasteiger charge is -2.19. The Hall–Kier alpha value is -1.55. The number of nitrogens with two attached hydrogens (primary N) is 1. The number of benzene rings is 1. The summed E-state index contributed by atoms with van der Waals surface area (Å²) in [5, 5.41) is 2.73. The van der Waals surface area contributed by atoms with Gasteiger partial charge in [0.2, 0.25) is 0 Å². The summed E-state index contributed by atoms with van der Waals surface area (Å²) in [6.45, 7) is 8.87. The molecule has 1 atom stereocenters. The Labute approximate surface area is 115 Å². The van der Waals surface area contributed by atoms with E-state index in [-0.39, 0.29) is 5.91 Å². The van der Waals surface area contributed by atoms with Gasteiger partial charge in [-0.15, -0.1) is 0 Å². The van der Waals surface area contributed by atoms with Crippen molar-refractivity contribution in [2.45, 2.75) is 39.7 Å². The predicted molar refractivity (Wildman–Crippen MR) is 77.4 cm³/mol. The first-order chi connectivity index (χ1) is 8.95. The Morgan fingerprint density at radius 3 is 2.63 bits per heavy atom. The molecule has 0 bridgehead atoms. The zero-order valence-corrected chi connectivity index (χ0v) is 12.2. The maximum Gasteiger partial charge on any atom is 0.260 e. The van der Waals surface area contributed by atoms with Gasteiger partial charge in [-0.1, -0.05) is 26.0 Å². The monoisotopic (exact) mass is 264 g/mol. The summed E-state index contributed by atoms with van der Waals surface area (Å²) >= 11 is 0. The van der Waals surface area contributed by atoms with Crippen molar-refractivity contribution >= 4 is 5.91 Å². The van der Waals surface area contributed by atoms with E-state index >= 15 is 0 Å². The third-order valence-electron chi connectivity index (χ3n) is 2.91. The highest BCUT2D eigenvalue weighted by Crippen LogP contribution is 2.28. The molecule has 0 saturated heterocycles. The molecular formula is C15H24N2O2. The van der Waals surface area contributed by atoms with Gasteiger partial charge in [0, 0.05) is 13.1 Å². The highest BCUT2D eigenvalue weighted by atomic mass is 16.5. The van der Waals surface area contributed by atoms with Gasteiger partial charge < -0.3 is 15.8 Å². The van der Waals surface area contributed by atoms with Crippen LogP contribution in [0.15, 0.2) is 18.2 Å². The third kappa shape index (κ3) is 4.56. The van der Waals surface area contributed by atoms with Gasteiger partial charge in [0.1, 0.15) is 5.75 Å². The predicted octanol–water partition coefficient (Wildman–Crippen LogP) is 1.96. The molecule has 1 aromatic carbocycles. The number of aryl methyl sites for hydroxylation is 1. The minimum atomic E-state index is -0.522. The van der Waals surface area contributed by atoms with Crippen molar-refractivity contribution in [3.63, 3.8) is 0 Å². The Balaban J connectivity index is 2.80. The molecule has 19 heavy (non-hydrogen) atoms. The van der Waals surface area contributed by atoms with Crippen molar-refractivity contribution in [1.29, 1.82) is 0 Å². The van der Waals surface area contributed by atoms with Crippen molar-refractivity contribution in [2.24, 2.45) is 5.73 Å². The van der Waals surface area contributed by atoms with Gasteiger partial charge in [-0.3, -0.25) is 4.79 Å². The molecule has 4 nitrogen and oxygen atoms in total. The van der Waals surface area contributed by atoms with Crippen molar-refractivity contribution in [1.82, 2.24) is 5.32 Å². The van der Waals surface area contributed by atoms with Crippen molar-refractivity contribution in [2.75, 3.05) is 13.1 Å². The minimum Gasteiger partial charge on any atom is -0.481 e. The first-order valence-electron chi connectivity index (χ1n) is 6.70. The molecule has 106 valence electrons. The number of hydrogen-bond acceptors (Lipinski definition) is 3. The van der Waals surface area contributed by atoms with Crippen LogP contribution < -0.4 is 15.8 Å². The molecule has 1 aromatic rings. The first-order valence-corrected chi connectivity index (χ1v) is 6.70. The number of nitrogens with one attached hydrogen (secondary N) is 1. The molecule has 0 aliphatic rings. The normalized spacial score (nSPS) is 12.3. The highest BCUT2D eigenvalue weighted by molar-refractivity contribution is 5.80. The van der Waals surface area contributed by atoms with Gasteiger partial charge in [0.15, 0.2) is 6.10 Å². The van der Waals surface area contributed by atoms with E-state index in [0.29, 0.717) is 19.0 Å². The fraction of sp³-hybridized carbons (Fsp3) is 0.533. The van der Waals surface area contributed by atoms with Gasteiger partial charge in [0.25, 0.3) is 5.91 Å². The van der Waals surface area contributed by atoms with Crippen LogP contribution >= 0.6 is 0 Å². The fourth-order valence-electron chi connectivity index (χ4n) is 1.80. The lowest BCUT2D eigenvalue weighted by molar-refractivity contribution is -0.127. The Bertz CT molecular complexity index is 430. The summed E-state index contributed by atoms with van der Waals surface area (Å²) in [4.78, 5) is 11.8. The quantitative estimate of drug-likeness (QED) is 0.825. The zero-order chi connectivity index (χ0) is 14.4. The van der Waals surface area contributed by atoms with Gasteiger partial charge in [-0.05, 0) is 37.0 Å². The lowest BCUT2D eigenvalue weighted by atomic mass is 10.0. The van der Waals surface area contributed by atoms with Gasteiger partial charge in [-0.25, -0.2) is 0 Å². The second kappa shape index (κ2) is 7.14. The molecule has 1 unspecified atom stereocenters. The molecule has 4 heteroatoms. The van der Waals surface area contributed by atoms with Crippen LogP contribution in [0.25, 0.3) is 0 Å².